The number of aliphatic imine (C=N–C) groups is 1. The molecule has 0 aliphatic heterocycles. The summed E-state index contributed by atoms with van der Waals surface area (Å²) in [5.41, 5.74) is 0.824. The largest absolute Gasteiger partial charge is 0.368 e. The minimum absolute atomic E-state index is 0.734. The highest BCUT2D eigenvalue weighted by molar-refractivity contribution is 5.86. The fourth-order valence-corrected chi connectivity index (χ4v) is 2.44. The third kappa shape index (κ3) is 5.07. The van der Waals surface area contributed by atoms with Crippen LogP contribution in [0, 0.1) is 0 Å². The molecule has 2 heterocycles. The molecule has 0 aliphatic carbocycles. The number of nitrogens with one attached hydrogen (secondary N) is 3. The quantitative estimate of drug-likeness (QED) is 0.366. The van der Waals surface area contributed by atoms with Gasteiger partial charge in [0.15, 0.2) is 11.6 Å². The van der Waals surface area contributed by atoms with Gasteiger partial charge in [-0.3, -0.25) is 9.67 Å². The Bertz CT molecular complexity index is 649. The van der Waals surface area contributed by atoms with Crippen LogP contribution in [0.1, 0.15) is 32.6 Å². The van der Waals surface area contributed by atoms with Crippen LogP contribution >= 0.6 is 0 Å². The molecule has 0 fully saturated rings. The van der Waals surface area contributed by atoms with Crippen LogP contribution in [-0.2, 0) is 7.05 Å². The molecule has 2 rings (SSSR count). The minimum Gasteiger partial charge on any atom is -0.368 e. The van der Waals surface area contributed by atoms with Crippen LogP contribution in [-0.4, -0.2) is 52.4 Å². The van der Waals surface area contributed by atoms with Gasteiger partial charge in [-0.05, 0) is 6.42 Å². The van der Waals surface area contributed by atoms with Crippen molar-refractivity contribution in [1.29, 1.82) is 0 Å². The van der Waals surface area contributed by atoms with Crippen LogP contribution in [0.15, 0.2) is 17.5 Å². The van der Waals surface area contributed by atoms with Crippen molar-refractivity contribution in [2.24, 2.45) is 12.0 Å². The van der Waals surface area contributed by atoms with Crippen LogP contribution in [0.5, 0.6) is 0 Å². The van der Waals surface area contributed by atoms with Crippen molar-refractivity contribution < 1.29 is 0 Å². The molecule has 0 amide bonds. The molecule has 8 heteroatoms. The maximum absolute atomic E-state index is 4.29. The maximum atomic E-state index is 4.29. The normalized spacial score (nSPS) is 11.7. The summed E-state index contributed by atoms with van der Waals surface area (Å²) < 4.78 is 1.74. The predicted molar refractivity (Wildman–Crippen MR) is 98.3 cm³/mol. The smallest absolute Gasteiger partial charge is 0.191 e. The number of rotatable bonds is 9. The van der Waals surface area contributed by atoms with E-state index in [9.17, 15) is 0 Å². The molecule has 0 radical (unpaired) electrons. The number of anilines is 1. The monoisotopic (exact) mass is 332 g/mol. The highest BCUT2D eigenvalue weighted by Gasteiger charge is 2.06. The summed E-state index contributed by atoms with van der Waals surface area (Å²) in [7, 11) is 3.66. The van der Waals surface area contributed by atoms with Crippen LogP contribution in [0.2, 0.25) is 0 Å². The first kappa shape index (κ1) is 18.0. The first-order chi connectivity index (χ1) is 11.8. The second-order valence-corrected chi connectivity index (χ2v) is 5.64. The Morgan fingerprint density at radius 3 is 2.75 bits per heavy atom. The van der Waals surface area contributed by atoms with E-state index in [1.165, 1.54) is 25.7 Å². The fourth-order valence-electron chi connectivity index (χ4n) is 2.44. The van der Waals surface area contributed by atoms with E-state index in [0.29, 0.717) is 0 Å². The highest BCUT2D eigenvalue weighted by atomic mass is 15.3. The van der Waals surface area contributed by atoms with Crippen molar-refractivity contribution in [1.82, 2.24) is 30.4 Å². The third-order valence-corrected chi connectivity index (χ3v) is 3.79. The van der Waals surface area contributed by atoms with Gasteiger partial charge in [-0.1, -0.05) is 26.2 Å². The highest BCUT2D eigenvalue weighted by Crippen LogP contribution is 2.16. The molecule has 2 aromatic heterocycles. The van der Waals surface area contributed by atoms with Crippen molar-refractivity contribution in [2.45, 2.75) is 32.6 Å². The van der Waals surface area contributed by atoms with E-state index in [-0.39, 0.29) is 0 Å². The van der Waals surface area contributed by atoms with Crippen molar-refractivity contribution >= 4 is 22.8 Å². The van der Waals surface area contributed by atoms with E-state index < -0.39 is 0 Å². The van der Waals surface area contributed by atoms with Crippen molar-refractivity contribution in [2.75, 3.05) is 32.0 Å². The van der Waals surface area contributed by atoms with Crippen molar-refractivity contribution in [3.8, 4) is 0 Å². The molecule has 132 valence electrons. The van der Waals surface area contributed by atoms with Gasteiger partial charge in [0.05, 0.1) is 11.6 Å². The number of hydrogen-bond acceptors (Lipinski definition) is 5. The second-order valence-electron chi connectivity index (χ2n) is 5.64. The fraction of sp³-hybridized carbons (Fsp3) is 0.625. The molecule has 0 aliphatic rings. The molecule has 8 nitrogen and oxygen atoms in total. The van der Waals surface area contributed by atoms with E-state index >= 15 is 0 Å². The Morgan fingerprint density at radius 2 is 1.96 bits per heavy atom. The summed E-state index contributed by atoms with van der Waals surface area (Å²) in [5, 5.41) is 15.1. The molecule has 2 aromatic rings. The van der Waals surface area contributed by atoms with Crippen LogP contribution in [0.25, 0.3) is 11.0 Å². The standard InChI is InChI=1S/C16H28N8/c1-4-5-6-7-8-19-16(17-2)20-10-9-18-14-13-11-23-24(3)15(13)22-12-21-14/h11-12H,4-10H2,1-3H3,(H2,17,19,20)(H,18,21,22). The number of aromatic nitrogens is 4. The summed E-state index contributed by atoms with van der Waals surface area (Å²) in [6.07, 6.45) is 8.31. The van der Waals surface area contributed by atoms with Gasteiger partial charge in [0.25, 0.3) is 0 Å². The molecule has 0 saturated heterocycles. The van der Waals surface area contributed by atoms with Gasteiger partial charge in [-0.15, -0.1) is 0 Å². The Morgan fingerprint density at radius 1 is 1.12 bits per heavy atom. The third-order valence-electron chi connectivity index (χ3n) is 3.79. The zero-order valence-electron chi connectivity index (χ0n) is 14.8. The van der Waals surface area contributed by atoms with Crippen LogP contribution in [0.3, 0.4) is 0 Å². The number of unbranched alkanes of at least 4 members (excludes halogenated alkanes) is 3. The maximum Gasteiger partial charge on any atom is 0.191 e. The molecule has 3 N–H and O–H groups in total. The van der Waals surface area contributed by atoms with E-state index in [1.54, 1.807) is 24.3 Å². The average molecular weight is 332 g/mol. The van der Waals surface area contributed by atoms with Gasteiger partial charge in [0.2, 0.25) is 0 Å². The Hall–Kier alpha value is -2.38. The van der Waals surface area contributed by atoms with Crippen LogP contribution in [0.4, 0.5) is 5.82 Å². The zero-order valence-corrected chi connectivity index (χ0v) is 14.8. The lowest BCUT2D eigenvalue weighted by molar-refractivity contribution is 0.647. The summed E-state index contributed by atoms with van der Waals surface area (Å²) in [6.45, 7) is 4.66. The van der Waals surface area contributed by atoms with Gasteiger partial charge >= 0.3 is 0 Å². The summed E-state index contributed by atoms with van der Waals surface area (Å²) in [6, 6.07) is 0. The summed E-state index contributed by atoms with van der Waals surface area (Å²) in [4.78, 5) is 12.7. The zero-order chi connectivity index (χ0) is 17.2. The van der Waals surface area contributed by atoms with E-state index in [2.05, 4.69) is 42.9 Å². The SMILES string of the molecule is CCCCCCNC(=NC)NCCNc1ncnc2c1cnn2C. The van der Waals surface area contributed by atoms with E-state index in [4.69, 9.17) is 0 Å². The first-order valence-corrected chi connectivity index (χ1v) is 8.57. The van der Waals surface area contributed by atoms with Crippen molar-refractivity contribution in [3.63, 3.8) is 0 Å². The molecule has 0 atom stereocenters. The van der Waals surface area contributed by atoms with Crippen LogP contribution < -0.4 is 16.0 Å². The Kier molecular flexibility index (Phi) is 7.25. The molecular weight excluding hydrogens is 304 g/mol. The molecule has 0 unspecified atom stereocenters. The van der Waals surface area contributed by atoms with E-state index in [0.717, 1.165) is 42.4 Å². The topological polar surface area (TPSA) is 92.1 Å². The molecular formula is C16H28N8. The Labute approximate surface area is 143 Å². The molecule has 0 spiro atoms. The lowest BCUT2D eigenvalue weighted by atomic mass is 10.2. The number of fused-ring (bicyclic) bond motifs is 1. The number of guanidine groups is 1. The van der Waals surface area contributed by atoms with Gasteiger partial charge in [0.1, 0.15) is 12.1 Å². The van der Waals surface area contributed by atoms with E-state index in [1.807, 2.05) is 7.05 Å². The molecule has 0 saturated carbocycles. The lowest BCUT2D eigenvalue weighted by Crippen LogP contribution is -2.39. The molecule has 24 heavy (non-hydrogen) atoms. The predicted octanol–water partition coefficient (Wildman–Crippen LogP) is 1.52. The second kappa shape index (κ2) is 9.69. The Balaban J connectivity index is 1.71. The lowest BCUT2D eigenvalue weighted by Gasteiger charge is -2.12. The average Bonchev–Trinajstić information content (AvgIpc) is 2.98. The van der Waals surface area contributed by atoms with Gasteiger partial charge in [-0.2, -0.15) is 5.10 Å². The molecule has 0 aromatic carbocycles. The van der Waals surface area contributed by atoms with Gasteiger partial charge in [0, 0.05) is 33.7 Å². The van der Waals surface area contributed by atoms with Crippen molar-refractivity contribution in [3.05, 3.63) is 12.5 Å². The number of hydrogen-bond donors (Lipinski definition) is 3. The summed E-state index contributed by atoms with van der Waals surface area (Å²) >= 11 is 0. The minimum atomic E-state index is 0.734. The van der Waals surface area contributed by atoms with Gasteiger partial charge < -0.3 is 16.0 Å². The summed E-state index contributed by atoms with van der Waals surface area (Å²) in [5.74, 6) is 1.64. The number of nitrogens with zero attached hydrogens (tertiary/aromatic N) is 5. The number of aryl methyl sites for hydroxylation is 1. The van der Waals surface area contributed by atoms with Gasteiger partial charge in [-0.25, -0.2) is 9.97 Å². The first-order valence-electron chi connectivity index (χ1n) is 8.57. The molecule has 0 bridgehead atoms.